The predicted octanol–water partition coefficient (Wildman–Crippen LogP) is 0.995. The average Bonchev–Trinajstić information content (AvgIpc) is 2.04. The van der Waals surface area contributed by atoms with Gasteiger partial charge in [-0.15, -0.1) is 0 Å². The summed E-state index contributed by atoms with van der Waals surface area (Å²) in [6.07, 6.45) is -1.27. The van der Waals surface area contributed by atoms with E-state index in [-0.39, 0.29) is 12.3 Å². The predicted molar refractivity (Wildman–Crippen MR) is 43.5 cm³/mol. The van der Waals surface area contributed by atoms with Crippen LogP contribution in [0.2, 0.25) is 0 Å². The van der Waals surface area contributed by atoms with Crippen LogP contribution in [-0.4, -0.2) is 43.8 Å². The van der Waals surface area contributed by atoms with Crippen molar-refractivity contribution in [3.8, 4) is 0 Å². The molecule has 0 aromatic carbocycles. The molecule has 0 aliphatic carbocycles. The third-order valence-electron chi connectivity index (χ3n) is 2.08. The van der Waals surface area contributed by atoms with Crippen LogP contribution < -0.4 is 0 Å². The molecule has 1 heterocycles. The Morgan fingerprint density at radius 2 is 2.25 bits per heavy atom. The number of nitrogens with zero attached hydrogens (tertiary/aromatic N) is 1. The highest BCUT2D eigenvalue weighted by molar-refractivity contribution is 4.72. The zero-order chi connectivity index (χ0) is 9.14. The van der Waals surface area contributed by atoms with E-state index in [0.29, 0.717) is 13.2 Å². The first-order valence-electron chi connectivity index (χ1n) is 4.19. The summed E-state index contributed by atoms with van der Waals surface area (Å²) in [4.78, 5) is 1.95. The molecule has 2 unspecified atom stereocenters. The fourth-order valence-corrected chi connectivity index (χ4v) is 1.37. The van der Waals surface area contributed by atoms with Crippen molar-refractivity contribution in [1.29, 1.82) is 0 Å². The molecule has 0 aromatic rings. The summed E-state index contributed by atoms with van der Waals surface area (Å²) in [5, 5.41) is 0. The number of rotatable bonds is 2. The molecule has 1 aliphatic rings. The standard InChI is InChI=1S/C8H16FNO2/c1-6(2)10-4-7(9)12-5-8(10)11-3/h6-8H,4-5H2,1-3H3. The highest BCUT2D eigenvalue weighted by Gasteiger charge is 2.30. The van der Waals surface area contributed by atoms with Gasteiger partial charge in [0.1, 0.15) is 6.23 Å². The SMILES string of the molecule is COC1COC(F)CN1C(C)C. The van der Waals surface area contributed by atoms with Gasteiger partial charge in [-0.05, 0) is 13.8 Å². The highest BCUT2D eigenvalue weighted by atomic mass is 19.1. The fourth-order valence-electron chi connectivity index (χ4n) is 1.37. The van der Waals surface area contributed by atoms with Crippen molar-refractivity contribution in [2.24, 2.45) is 0 Å². The van der Waals surface area contributed by atoms with E-state index in [1.807, 2.05) is 18.7 Å². The van der Waals surface area contributed by atoms with Crippen molar-refractivity contribution in [2.75, 3.05) is 20.3 Å². The molecule has 2 atom stereocenters. The summed E-state index contributed by atoms with van der Waals surface area (Å²) in [6, 6.07) is 0.289. The second-order valence-corrected chi connectivity index (χ2v) is 3.22. The summed E-state index contributed by atoms with van der Waals surface area (Å²) >= 11 is 0. The quantitative estimate of drug-likeness (QED) is 0.628. The third kappa shape index (κ3) is 2.15. The Morgan fingerprint density at radius 3 is 2.75 bits per heavy atom. The van der Waals surface area contributed by atoms with Gasteiger partial charge >= 0.3 is 0 Å². The van der Waals surface area contributed by atoms with E-state index in [4.69, 9.17) is 9.47 Å². The summed E-state index contributed by atoms with van der Waals surface area (Å²) < 4.78 is 22.8. The average molecular weight is 177 g/mol. The van der Waals surface area contributed by atoms with Crippen LogP contribution in [0, 0.1) is 0 Å². The molecule has 0 amide bonds. The van der Waals surface area contributed by atoms with Gasteiger partial charge in [0.25, 0.3) is 0 Å². The van der Waals surface area contributed by atoms with Gasteiger partial charge in [0, 0.05) is 13.2 Å². The van der Waals surface area contributed by atoms with Crippen LogP contribution >= 0.6 is 0 Å². The van der Waals surface area contributed by atoms with E-state index in [1.54, 1.807) is 7.11 Å². The van der Waals surface area contributed by atoms with Crippen LogP contribution in [0.5, 0.6) is 0 Å². The maximum Gasteiger partial charge on any atom is 0.211 e. The fraction of sp³-hybridized carbons (Fsp3) is 1.00. The van der Waals surface area contributed by atoms with Crippen molar-refractivity contribution in [2.45, 2.75) is 32.5 Å². The monoisotopic (exact) mass is 177 g/mol. The van der Waals surface area contributed by atoms with E-state index in [9.17, 15) is 4.39 Å². The number of ether oxygens (including phenoxy) is 2. The maximum absolute atomic E-state index is 12.8. The van der Waals surface area contributed by atoms with E-state index in [1.165, 1.54) is 0 Å². The first-order valence-corrected chi connectivity index (χ1v) is 4.19. The van der Waals surface area contributed by atoms with E-state index < -0.39 is 6.36 Å². The van der Waals surface area contributed by atoms with Gasteiger partial charge in [-0.3, -0.25) is 4.90 Å². The smallest absolute Gasteiger partial charge is 0.211 e. The van der Waals surface area contributed by atoms with Crippen molar-refractivity contribution in [3.63, 3.8) is 0 Å². The zero-order valence-corrected chi connectivity index (χ0v) is 7.79. The molecule has 0 N–H and O–H groups in total. The molecule has 3 nitrogen and oxygen atoms in total. The Morgan fingerprint density at radius 1 is 1.58 bits per heavy atom. The summed E-state index contributed by atoms with van der Waals surface area (Å²) in [5.41, 5.74) is 0. The second-order valence-electron chi connectivity index (χ2n) is 3.22. The van der Waals surface area contributed by atoms with Crippen LogP contribution in [-0.2, 0) is 9.47 Å². The number of halogens is 1. The molecule has 0 radical (unpaired) electrons. The van der Waals surface area contributed by atoms with Gasteiger partial charge in [0.2, 0.25) is 6.36 Å². The Labute approximate surface area is 72.4 Å². The number of methoxy groups -OCH3 is 1. The number of alkyl halides is 1. The molecular formula is C8H16FNO2. The van der Waals surface area contributed by atoms with Gasteiger partial charge in [-0.2, -0.15) is 0 Å². The van der Waals surface area contributed by atoms with Crippen LogP contribution in [0.1, 0.15) is 13.8 Å². The van der Waals surface area contributed by atoms with Crippen LogP contribution in [0.15, 0.2) is 0 Å². The van der Waals surface area contributed by atoms with Crippen molar-refractivity contribution in [3.05, 3.63) is 0 Å². The minimum absolute atomic E-state index is 0.100. The molecule has 72 valence electrons. The van der Waals surface area contributed by atoms with Gasteiger partial charge in [-0.25, -0.2) is 4.39 Å². The van der Waals surface area contributed by atoms with Crippen LogP contribution in [0.3, 0.4) is 0 Å². The maximum atomic E-state index is 12.8. The molecule has 0 spiro atoms. The summed E-state index contributed by atoms with van der Waals surface area (Å²) in [5.74, 6) is 0. The van der Waals surface area contributed by atoms with E-state index in [0.717, 1.165) is 0 Å². The Kier molecular flexibility index (Phi) is 3.43. The van der Waals surface area contributed by atoms with Gasteiger partial charge in [0.15, 0.2) is 0 Å². The lowest BCUT2D eigenvalue weighted by molar-refractivity contribution is -0.196. The number of hydrogen-bond acceptors (Lipinski definition) is 3. The lowest BCUT2D eigenvalue weighted by Gasteiger charge is -2.38. The molecule has 4 heteroatoms. The largest absolute Gasteiger partial charge is 0.364 e. The van der Waals surface area contributed by atoms with Gasteiger partial charge < -0.3 is 9.47 Å². The Hall–Kier alpha value is -0.190. The highest BCUT2D eigenvalue weighted by Crippen LogP contribution is 2.15. The first kappa shape index (κ1) is 9.89. The topological polar surface area (TPSA) is 21.7 Å². The molecule has 1 saturated heterocycles. The molecule has 1 rings (SSSR count). The van der Waals surface area contributed by atoms with E-state index >= 15 is 0 Å². The first-order chi connectivity index (χ1) is 5.65. The van der Waals surface area contributed by atoms with Crippen LogP contribution in [0.4, 0.5) is 4.39 Å². The Bertz CT molecular complexity index is 143. The van der Waals surface area contributed by atoms with Crippen molar-refractivity contribution in [1.82, 2.24) is 4.90 Å². The Balaban J connectivity index is 2.52. The molecule has 1 aliphatic heterocycles. The molecule has 12 heavy (non-hydrogen) atoms. The molecule has 0 bridgehead atoms. The second kappa shape index (κ2) is 4.16. The van der Waals surface area contributed by atoms with Gasteiger partial charge in [-0.1, -0.05) is 0 Å². The summed E-state index contributed by atoms with van der Waals surface area (Å²) in [6.45, 7) is 4.65. The minimum atomic E-state index is -1.17. The van der Waals surface area contributed by atoms with Crippen molar-refractivity contribution >= 4 is 0 Å². The molecule has 0 aromatic heterocycles. The minimum Gasteiger partial charge on any atom is -0.364 e. The number of hydrogen-bond donors (Lipinski definition) is 0. The molecule has 0 saturated carbocycles. The lowest BCUT2D eigenvalue weighted by atomic mass is 10.2. The molecular weight excluding hydrogens is 161 g/mol. The number of morpholine rings is 1. The summed E-state index contributed by atoms with van der Waals surface area (Å²) in [7, 11) is 1.61. The zero-order valence-electron chi connectivity index (χ0n) is 7.79. The third-order valence-corrected chi connectivity index (χ3v) is 2.08. The van der Waals surface area contributed by atoms with Crippen LogP contribution in [0.25, 0.3) is 0 Å². The van der Waals surface area contributed by atoms with Gasteiger partial charge in [0.05, 0.1) is 13.2 Å². The molecule has 1 fully saturated rings. The lowest BCUT2D eigenvalue weighted by Crippen LogP contribution is -2.52. The van der Waals surface area contributed by atoms with E-state index in [2.05, 4.69) is 0 Å². The normalized spacial score (nSPS) is 32.8. The van der Waals surface area contributed by atoms with Crippen molar-refractivity contribution < 1.29 is 13.9 Å².